The molecule has 31 heavy (non-hydrogen) atoms. The summed E-state index contributed by atoms with van der Waals surface area (Å²) in [5, 5.41) is 5.19. The average Bonchev–Trinajstić information content (AvgIpc) is 2.70. The Labute approximate surface area is 187 Å². The van der Waals surface area contributed by atoms with Crippen molar-refractivity contribution in [2.45, 2.75) is 58.5 Å². The van der Waals surface area contributed by atoms with Crippen LogP contribution in [-0.2, 0) is 33.4 Å². The third-order valence-electron chi connectivity index (χ3n) is 4.64. The summed E-state index contributed by atoms with van der Waals surface area (Å²) in [5.41, 5.74) is 4.98. The Morgan fingerprint density at radius 1 is 1.19 bits per heavy atom. The molecular weight excluding hydrogens is 426 g/mol. The smallest absolute Gasteiger partial charge is 0.283 e. The molecule has 4 N–H and O–H groups in total. The van der Waals surface area contributed by atoms with Crippen LogP contribution in [0.2, 0.25) is 0 Å². The molecule has 1 rings (SSSR count). The number of hydrogen-bond acceptors (Lipinski definition) is 9. The molecule has 0 saturated carbocycles. The molecule has 0 radical (unpaired) electrons. The second-order valence-corrected chi connectivity index (χ2v) is 9.20. The lowest BCUT2D eigenvalue weighted by molar-refractivity contribution is -0.425. The van der Waals surface area contributed by atoms with Gasteiger partial charge in [0.1, 0.15) is 11.9 Å². The number of ether oxygens (including phenoxy) is 3. The maximum atomic E-state index is 12.7. The second kappa shape index (κ2) is 13.1. The maximum absolute atomic E-state index is 12.7. The van der Waals surface area contributed by atoms with Gasteiger partial charge in [0, 0.05) is 44.2 Å². The second-order valence-electron chi connectivity index (χ2n) is 8.04. The maximum Gasteiger partial charge on any atom is 0.283 e. The quantitative estimate of drug-likeness (QED) is 0.261. The molecule has 0 bridgehead atoms. The monoisotopic (exact) mass is 461 g/mol. The highest BCUT2D eigenvalue weighted by atomic mass is 32.2. The van der Waals surface area contributed by atoms with Gasteiger partial charge in [0.25, 0.3) is 5.97 Å². The highest BCUT2D eigenvalue weighted by Crippen LogP contribution is 2.37. The topological polar surface area (TPSA) is 146 Å². The van der Waals surface area contributed by atoms with Gasteiger partial charge in [0.2, 0.25) is 11.8 Å². The number of nitrogens with one attached hydrogen (secondary N) is 2. The van der Waals surface area contributed by atoms with Crippen molar-refractivity contribution in [1.82, 2.24) is 10.6 Å². The van der Waals surface area contributed by atoms with Crippen LogP contribution < -0.4 is 16.4 Å². The van der Waals surface area contributed by atoms with E-state index in [2.05, 4.69) is 10.6 Å². The molecule has 2 atom stereocenters. The predicted molar refractivity (Wildman–Crippen MR) is 116 cm³/mol. The van der Waals surface area contributed by atoms with Crippen LogP contribution >= 0.6 is 11.8 Å². The van der Waals surface area contributed by atoms with E-state index < -0.39 is 17.5 Å². The zero-order chi connectivity index (χ0) is 23.5. The minimum absolute atomic E-state index is 0.0873. The number of thioether (sulfide) groups is 1. The van der Waals surface area contributed by atoms with Crippen molar-refractivity contribution in [2.75, 3.05) is 39.1 Å². The van der Waals surface area contributed by atoms with Gasteiger partial charge >= 0.3 is 0 Å². The Morgan fingerprint density at radius 3 is 2.52 bits per heavy atom. The van der Waals surface area contributed by atoms with Crippen molar-refractivity contribution in [3.8, 4) is 0 Å². The van der Waals surface area contributed by atoms with Crippen LogP contribution in [0.4, 0.5) is 0 Å². The first-order valence-corrected chi connectivity index (χ1v) is 11.3. The average molecular weight is 462 g/mol. The zero-order valence-corrected chi connectivity index (χ0v) is 19.6. The van der Waals surface area contributed by atoms with E-state index in [9.17, 15) is 19.2 Å². The van der Waals surface area contributed by atoms with Crippen LogP contribution in [0.1, 0.15) is 46.5 Å². The summed E-state index contributed by atoms with van der Waals surface area (Å²) in [4.78, 5) is 46.9. The summed E-state index contributed by atoms with van der Waals surface area (Å²) >= 11 is 1.01. The fourth-order valence-corrected chi connectivity index (χ4v) is 3.64. The number of nitrogens with two attached hydrogens (primary N) is 1. The highest BCUT2D eigenvalue weighted by molar-refractivity contribution is 8.13. The van der Waals surface area contributed by atoms with Crippen molar-refractivity contribution in [2.24, 2.45) is 11.1 Å². The van der Waals surface area contributed by atoms with E-state index in [0.29, 0.717) is 31.7 Å². The molecule has 0 aromatic carbocycles. The summed E-state index contributed by atoms with van der Waals surface area (Å²) in [7, 11) is 1.46. The minimum atomic E-state index is -1.31. The standard InChI is InChI=1S/C20H35N3O7S/c1-14(24)12-16(26)31-11-10-22-15(25)6-9-23-18(27)17-19(2,3)13-29-20(28-4,30-17)7-5-8-21/h17H,5-13,21H2,1-4H3,(H,22,25)(H,23,27)/t17-,20?/m0/s1. The SMILES string of the molecule is COC1(CCCN)OCC(C)(C)[C@H](C(=O)NCCC(=O)NCCSC(=O)CC(C)=O)O1. The molecule has 0 aromatic rings. The molecule has 0 aromatic heterocycles. The fourth-order valence-electron chi connectivity index (χ4n) is 2.90. The lowest BCUT2D eigenvalue weighted by Crippen LogP contribution is -2.59. The van der Waals surface area contributed by atoms with Gasteiger partial charge in [-0.05, 0) is 19.9 Å². The third kappa shape index (κ3) is 9.65. The van der Waals surface area contributed by atoms with Crippen LogP contribution in [0, 0.1) is 5.41 Å². The number of Topliss-reactive ketones (excluding diaryl/α,β-unsaturated/α-hetero) is 1. The van der Waals surface area contributed by atoms with Gasteiger partial charge in [-0.25, -0.2) is 0 Å². The van der Waals surface area contributed by atoms with Crippen molar-refractivity contribution in [3.63, 3.8) is 0 Å². The summed E-state index contributed by atoms with van der Waals surface area (Å²) in [6.45, 7) is 6.22. The summed E-state index contributed by atoms with van der Waals surface area (Å²) < 4.78 is 17.1. The van der Waals surface area contributed by atoms with Gasteiger partial charge in [-0.3, -0.25) is 19.2 Å². The van der Waals surface area contributed by atoms with Gasteiger partial charge in [0.05, 0.1) is 13.0 Å². The molecule has 0 aliphatic carbocycles. The van der Waals surface area contributed by atoms with Crippen molar-refractivity contribution in [3.05, 3.63) is 0 Å². The van der Waals surface area contributed by atoms with Crippen LogP contribution in [-0.4, -0.2) is 73.9 Å². The van der Waals surface area contributed by atoms with Crippen LogP contribution in [0.25, 0.3) is 0 Å². The number of rotatable bonds is 13. The Morgan fingerprint density at radius 2 is 1.90 bits per heavy atom. The van der Waals surface area contributed by atoms with E-state index in [4.69, 9.17) is 19.9 Å². The number of carbonyl (C=O) groups is 4. The van der Waals surface area contributed by atoms with Crippen molar-refractivity contribution in [1.29, 1.82) is 0 Å². The number of hydrogen-bond donors (Lipinski definition) is 3. The lowest BCUT2D eigenvalue weighted by atomic mass is 9.85. The number of ketones is 1. The summed E-state index contributed by atoms with van der Waals surface area (Å²) in [6.07, 6.45) is 0.178. The van der Waals surface area contributed by atoms with E-state index in [1.54, 1.807) is 0 Å². The molecule has 10 nitrogen and oxygen atoms in total. The Kier molecular flexibility index (Phi) is 11.6. The summed E-state index contributed by atoms with van der Waals surface area (Å²) in [5.74, 6) is -1.71. The third-order valence-corrected chi connectivity index (χ3v) is 5.51. The highest BCUT2D eigenvalue weighted by Gasteiger charge is 2.50. The molecule has 0 spiro atoms. The van der Waals surface area contributed by atoms with Crippen molar-refractivity contribution < 1.29 is 33.4 Å². The van der Waals surface area contributed by atoms with Crippen molar-refractivity contribution >= 4 is 34.5 Å². The summed E-state index contributed by atoms with van der Waals surface area (Å²) in [6, 6.07) is 0. The molecule has 1 unspecified atom stereocenters. The number of amides is 2. The van der Waals surface area contributed by atoms with E-state index in [1.807, 2.05) is 13.8 Å². The van der Waals surface area contributed by atoms with Gasteiger partial charge < -0.3 is 30.6 Å². The number of methoxy groups -OCH3 is 1. The fraction of sp³-hybridized carbons (Fsp3) is 0.800. The van der Waals surface area contributed by atoms with Crippen LogP contribution in [0.3, 0.4) is 0 Å². The van der Waals surface area contributed by atoms with Gasteiger partial charge in [-0.2, -0.15) is 0 Å². The minimum Gasteiger partial charge on any atom is -0.355 e. The molecule has 1 aliphatic rings. The van der Waals surface area contributed by atoms with E-state index in [0.717, 1.165) is 11.8 Å². The van der Waals surface area contributed by atoms with Crippen LogP contribution in [0.15, 0.2) is 0 Å². The van der Waals surface area contributed by atoms with Gasteiger partial charge in [0.15, 0.2) is 5.12 Å². The first-order chi connectivity index (χ1) is 14.5. The van der Waals surface area contributed by atoms with E-state index in [1.165, 1.54) is 14.0 Å². The first kappa shape index (κ1) is 27.5. The Bertz CT molecular complexity index is 644. The normalized spacial score (nSPS) is 22.5. The first-order valence-electron chi connectivity index (χ1n) is 10.3. The molecular formula is C20H35N3O7S. The molecule has 1 aliphatic heterocycles. The Hall–Kier alpha value is -1.53. The molecule has 2 amide bonds. The van der Waals surface area contributed by atoms with E-state index in [-0.39, 0.29) is 48.7 Å². The van der Waals surface area contributed by atoms with Gasteiger partial charge in [-0.1, -0.05) is 25.6 Å². The predicted octanol–water partition coefficient (Wildman–Crippen LogP) is 0.329. The van der Waals surface area contributed by atoms with Crippen LogP contribution in [0.5, 0.6) is 0 Å². The lowest BCUT2D eigenvalue weighted by Gasteiger charge is -2.46. The largest absolute Gasteiger partial charge is 0.355 e. The molecule has 1 fully saturated rings. The Balaban J connectivity index is 2.41. The number of carbonyl (C=O) groups excluding carboxylic acids is 4. The van der Waals surface area contributed by atoms with Gasteiger partial charge in [-0.15, -0.1) is 0 Å². The zero-order valence-electron chi connectivity index (χ0n) is 18.8. The van der Waals surface area contributed by atoms with E-state index >= 15 is 0 Å². The molecule has 178 valence electrons. The molecule has 11 heteroatoms. The molecule has 1 heterocycles. The molecule has 1 saturated heterocycles.